The second kappa shape index (κ2) is 8.32. The van der Waals surface area contributed by atoms with Gasteiger partial charge >= 0.3 is 0 Å². The maximum Gasteiger partial charge on any atom is 0.227 e. The molecule has 0 saturated carbocycles. The molecule has 2 aliphatic heterocycles. The van der Waals surface area contributed by atoms with E-state index in [0.29, 0.717) is 23.1 Å². The Kier molecular flexibility index (Phi) is 5.62. The molecule has 2 aromatic rings. The van der Waals surface area contributed by atoms with Gasteiger partial charge in [-0.2, -0.15) is 4.98 Å². The quantitative estimate of drug-likeness (QED) is 0.792. The molecule has 8 heteroatoms. The third kappa shape index (κ3) is 3.89. The minimum atomic E-state index is 0.610. The average Bonchev–Trinajstić information content (AvgIpc) is 3.27. The van der Waals surface area contributed by atoms with Gasteiger partial charge in [0.1, 0.15) is 5.82 Å². The van der Waals surface area contributed by atoms with Crippen LogP contribution in [0.5, 0.6) is 17.2 Å². The predicted octanol–water partition coefficient (Wildman–Crippen LogP) is 2.24. The second-order valence-corrected chi connectivity index (χ2v) is 7.52. The normalized spacial score (nSPS) is 16.6. The largest absolute Gasteiger partial charge is 0.493 e. The molecule has 156 valence electrons. The molecule has 0 aliphatic carbocycles. The zero-order chi connectivity index (χ0) is 20.4. The van der Waals surface area contributed by atoms with Crippen molar-refractivity contribution in [1.29, 1.82) is 0 Å². The van der Waals surface area contributed by atoms with Crippen molar-refractivity contribution < 1.29 is 14.2 Å². The van der Waals surface area contributed by atoms with Gasteiger partial charge in [-0.1, -0.05) is 0 Å². The Hall–Kier alpha value is -2.74. The third-order valence-electron chi connectivity index (χ3n) is 5.68. The summed E-state index contributed by atoms with van der Waals surface area (Å²) < 4.78 is 16.4. The molecule has 2 aliphatic rings. The van der Waals surface area contributed by atoms with Crippen LogP contribution in [0.4, 0.5) is 11.8 Å². The van der Waals surface area contributed by atoms with Crippen LogP contribution in [0.2, 0.25) is 0 Å². The van der Waals surface area contributed by atoms with E-state index in [0.717, 1.165) is 61.9 Å². The number of fused-ring (bicyclic) bond motifs is 1. The summed E-state index contributed by atoms with van der Waals surface area (Å²) in [7, 11) is 4.89. The lowest BCUT2D eigenvalue weighted by molar-refractivity contribution is 0.240. The number of methoxy groups -OCH3 is 3. The maximum absolute atomic E-state index is 6.27. The molecular weight excluding hydrogens is 370 g/mol. The van der Waals surface area contributed by atoms with Crippen molar-refractivity contribution in [3.63, 3.8) is 0 Å². The second-order valence-electron chi connectivity index (χ2n) is 7.52. The average molecular weight is 399 g/mol. The van der Waals surface area contributed by atoms with Gasteiger partial charge in [0.2, 0.25) is 11.7 Å². The lowest BCUT2D eigenvalue weighted by Crippen LogP contribution is -2.32. The molecule has 0 bridgehead atoms. The summed E-state index contributed by atoms with van der Waals surface area (Å²) in [6, 6.07) is 4.00. The molecule has 4 rings (SSSR count). The zero-order valence-electron chi connectivity index (χ0n) is 17.4. The number of nitrogen functional groups attached to an aromatic ring is 1. The molecular formula is C21H29N5O3. The fourth-order valence-electron chi connectivity index (χ4n) is 4.18. The monoisotopic (exact) mass is 399 g/mol. The standard InChI is InChI=1S/C21H29N5O3/c1-27-17-10-14(11-18(28-2)19(17)29-3)12-25-9-6-15-16(13-25)23-21(24-20(15)22)26-7-4-5-8-26/h10-11H,4-9,12-13H2,1-3H3,(H2,22,23,24). The van der Waals surface area contributed by atoms with E-state index >= 15 is 0 Å². The van der Waals surface area contributed by atoms with Crippen LogP contribution in [-0.4, -0.2) is 55.8 Å². The van der Waals surface area contributed by atoms with E-state index in [9.17, 15) is 0 Å². The third-order valence-corrected chi connectivity index (χ3v) is 5.68. The van der Waals surface area contributed by atoms with Crippen molar-refractivity contribution in [2.45, 2.75) is 32.4 Å². The van der Waals surface area contributed by atoms with Gasteiger partial charge in [0, 0.05) is 38.3 Å². The molecule has 3 heterocycles. The fraction of sp³-hybridized carbons (Fsp3) is 0.524. The first kappa shape index (κ1) is 19.6. The van der Waals surface area contributed by atoms with E-state index in [1.54, 1.807) is 21.3 Å². The van der Waals surface area contributed by atoms with Crippen LogP contribution in [0.15, 0.2) is 12.1 Å². The van der Waals surface area contributed by atoms with Gasteiger partial charge in [-0.05, 0) is 37.0 Å². The van der Waals surface area contributed by atoms with Gasteiger partial charge in [-0.3, -0.25) is 4.90 Å². The number of hydrogen-bond donors (Lipinski definition) is 1. The van der Waals surface area contributed by atoms with Crippen LogP contribution in [0.25, 0.3) is 0 Å². The Morgan fingerprint density at radius 2 is 1.66 bits per heavy atom. The van der Waals surface area contributed by atoms with Crippen molar-refractivity contribution >= 4 is 11.8 Å². The van der Waals surface area contributed by atoms with Gasteiger partial charge in [0.05, 0.1) is 27.0 Å². The predicted molar refractivity (Wildman–Crippen MR) is 112 cm³/mol. The number of nitrogens with two attached hydrogens (primary N) is 1. The highest BCUT2D eigenvalue weighted by Gasteiger charge is 2.25. The van der Waals surface area contributed by atoms with E-state index in [4.69, 9.17) is 24.9 Å². The Bertz CT molecular complexity index is 858. The molecule has 1 fully saturated rings. The summed E-state index contributed by atoms with van der Waals surface area (Å²) in [4.78, 5) is 14.0. The van der Waals surface area contributed by atoms with E-state index < -0.39 is 0 Å². The maximum atomic E-state index is 6.27. The van der Waals surface area contributed by atoms with Crippen LogP contribution < -0.4 is 24.8 Å². The molecule has 0 unspecified atom stereocenters. The Balaban J connectivity index is 1.56. The number of anilines is 2. The molecule has 0 spiro atoms. The van der Waals surface area contributed by atoms with Crippen molar-refractivity contribution in [1.82, 2.24) is 14.9 Å². The number of nitrogens with zero attached hydrogens (tertiary/aromatic N) is 4. The number of benzene rings is 1. The SMILES string of the molecule is COc1cc(CN2CCc3c(N)nc(N4CCCC4)nc3C2)cc(OC)c1OC. The smallest absolute Gasteiger partial charge is 0.227 e. The zero-order valence-corrected chi connectivity index (χ0v) is 17.4. The van der Waals surface area contributed by atoms with Crippen molar-refractivity contribution in [2.24, 2.45) is 0 Å². The summed E-state index contributed by atoms with van der Waals surface area (Å²) in [6.07, 6.45) is 3.23. The van der Waals surface area contributed by atoms with Gasteiger partial charge in [0.15, 0.2) is 11.5 Å². The Labute approximate surface area is 171 Å². The first-order valence-corrected chi connectivity index (χ1v) is 10.0. The minimum absolute atomic E-state index is 0.610. The van der Waals surface area contributed by atoms with E-state index in [-0.39, 0.29) is 0 Å². The molecule has 1 saturated heterocycles. The van der Waals surface area contributed by atoms with Gasteiger partial charge < -0.3 is 24.8 Å². The van der Waals surface area contributed by atoms with Crippen LogP contribution in [0.1, 0.15) is 29.7 Å². The lowest BCUT2D eigenvalue weighted by atomic mass is 10.0. The fourth-order valence-corrected chi connectivity index (χ4v) is 4.18. The van der Waals surface area contributed by atoms with Gasteiger partial charge in [-0.15, -0.1) is 0 Å². The van der Waals surface area contributed by atoms with Crippen LogP contribution in [0.3, 0.4) is 0 Å². The minimum Gasteiger partial charge on any atom is -0.493 e. The molecule has 0 radical (unpaired) electrons. The van der Waals surface area contributed by atoms with Crippen LogP contribution in [-0.2, 0) is 19.5 Å². The van der Waals surface area contributed by atoms with E-state index in [2.05, 4.69) is 14.8 Å². The van der Waals surface area contributed by atoms with Gasteiger partial charge in [-0.25, -0.2) is 4.98 Å². The highest BCUT2D eigenvalue weighted by Crippen LogP contribution is 2.38. The van der Waals surface area contributed by atoms with Gasteiger partial charge in [0.25, 0.3) is 0 Å². The molecule has 8 nitrogen and oxygen atoms in total. The highest BCUT2D eigenvalue weighted by molar-refractivity contribution is 5.54. The first-order valence-electron chi connectivity index (χ1n) is 10.0. The number of hydrogen-bond acceptors (Lipinski definition) is 8. The van der Waals surface area contributed by atoms with Crippen LogP contribution in [0, 0.1) is 0 Å². The van der Waals surface area contributed by atoms with E-state index in [1.165, 1.54) is 12.8 Å². The highest BCUT2D eigenvalue weighted by atomic mass is 16.5. The summed E-state index contributed by atoms with van der Waals surface area (Å²) in [5.74, 6) is 3.35. The molecule has 1 aromatic carbocycles. The number of aromatic nitrogens is 2. The molecule has 0 amide bonds. The van der Waals surface area contributed by atoms with Crippen molar-refractivity contribution in [3.05, 3.63) is 29.0 Å². The lowest BCUT2D eigenvalue weighted by Gasteiger charge is -2.30. The Morgan fingerprint density at radius 1 is 0.966 bits per heavy atom. The molecule has 1 aromatic heterocycles. The summed E-state index contributed by atoms with van der Waals surface area (Å²) in [6.45, 7) is 4.43. The molecule has 2 N–H and O–H groups in total. The molecule has 0 atom stereocenters. The van der Waals surface area contributed by atoms with Crippen molar-refractivity contribution in [3.8, 4) is 17.2 Å². The number of rotatable bonds is 6. The van der Waals surface area contributed by atoms with E-state index in [1.807, 2.05) is 12.1 Å². The summed E-state index contributed by atoms with van der Waals surface area (Å²) >= 11 is 0. The van der Waals surface area contributed by atoms with Crippen molar-refractivity contribution in [2.75, 3.05) is 51.6 Å². The van der Waals surface area contributed by atoms with Crippen LogP contribution >= 0.6 is 0 Å². The summed E-state index contributed by atoms with van der Waals surface area (Å²) in [5.41, 5.74) is 9.51. The molecule has 29 heavy (non-hydrogen) atoms. The first-order chi connectivity index (χ1) is 14.1. The summed E-state index contributed by atoms with van der Waals surface area (Å²) in [5, 5.41) is 0. The topological polar surface area (TPSA) is 86.0 Å². The Morgan fingerprint density at radius 3 is 2.28 bits per heavy atom. The number of ether oxygens (including phenoxy) is 3.